The van der Waals surface area contributed by atoms with E-state index in [1.807, 2.05) is 4.90 Å². The zero-order chi connectivity index (χ0) is 14.1. The number of piperidine rings is 1. The molecule has 0 aromatic heterocycles. The molecule has 0 bridgehead atoms. The number of likely N-dealkylation sites (tertiary alicyclic amines) is 1. The summed E-state index contributed by atoms with van der Waals surface area (Å²) >= 11 is 6.01. The van der Waals surface area contributed by atoms with E-state index in [0.29, 0.717) is 28.3 Å². The first-order chi connectivity index (χ1) is 9.69. The molecule has 1 amide bonds. The van der Waals surface area contributed by atoms with Crippen molar-refractivity contribution in [1.29, 1.82) is 0 Å². The van der Waals surface area contributed by atoms with Crippen molar-refractivity contribution in [2.24, 2.45) is 5.92 Å². The third-order valence-electron chi connectivity index (χ3n) is 4.33. The van der Waals surface area contributed by atoms with Crippen molar-refractivity contribution in [1.82, 2.24) is 10.2 Å². The Balaban J connectivity index is 1.80. The molecule has 2 fully saturated rings. The van der Waals surface area contributed by atoms with Crippen molar-refractivity contribution in [3.05, 3.63) is 28.8 Å². The zero-order valence-corrected chi connectivity index (χ0v) is 12.3. The Labute approximate surface area is 124 Å². The quantitative estimate of drug-likeness (QED) is 0.909. The fourth-order valence-electron chi connectivity index (χ4n) is 3.25. The number of amides is 1. The normalized spacial score (nSPS) is 25.4. The first-order valence-electron chi connectivity index (χ1n) is 7.05. The number of rotatable bonds is 2. The third kappa shape index (κ3) is 2.50. The van der Waals surface area contributed by atoms with E-state index in [4.69, 9.17) is 16.3 Å². The second kappa shape index (κ2) is 5.62. The predicted octanol–water partition coefficient (Wildman–Crippen LogP) is 2.17. The Morgan fingerprint density at radius 3 is 3.10 bits per heavy atom. The SMILES string of the molecule is COc1ccc(Cl)cc1C(=O)N1CCC2NCCC2C1. The molecular formula is C15H19ClN2O2. The minimum atomic E-state index is 0.0229. The van der Waals surface area contributed by atoms with E-state index in [0.717, 1.165) is 32.5 Å². The maximum absolute atomic E-state index is 12.7. The summed E-state index contributed by atoms with van der Waals surface area (Å²) in [5.74, 6) is 1.19. The second-order valence-corrected chi connectivity index (χ2v) is 5.93. The number of halogens is 1. The van der Waals surface area contributed by atoms with Gasteiger partial charge in [0.25, 0.3) is 5.91 Å². The first kappa shape index (κ1) is 13.7. The van der Waals surface area contributed by atoms with Gasteiger partial charge < -0.3 is 15.0 Å². The maximum Gasteiger partial charge on any atom is 0.257 e. The highest BCUT2D eigenvalue weighted by atomic mass is 35.5. The molecule has 1 N–H and O–H groups in total. The van der Waals surface area contributed by atoms with E-state index in [1.54, 1.807) is 25.3 Å². The van der Waals surface area contributed by atoms with Gasteiger partial charge in [-0.15, -0.1) is 0 Å². The molecule has 0 radical (unpaired) electrons. The van der Waals surface area contributed by atoms with E-state index in [1.165, 1.54) is 0 Å². The van der Waals surface area contributed by atoms with Crippen molar-refractivity contribution < 1.29 is 9.53 Å². The Morgan fingerprint density at radius 1 is 1.45 bits per heavy atom. The topological polar surface area (TPSA) is 41.6 Å². The lowest BCUT2D eigenvalue weighted by molar-refractivity contribution is 0.0658. The van der Waals surface area contributed by atoms with Crippen LogP contribution in [0.15, 0.2) is 18.2 Å². The average Bonchev–Trinajstić information content (AvgIpc) is 2.93. The van der Waals surface area contributed by atoms with Crippen molar-refractivity contribution >= 4 is 17.5 Å². The van der Waals surface area contributed by atoms with Crippen molar-refractivity contribution in [2.75, 3.05) is 26.7 Å². The maximum atomic E-state index is 12.7. The molecule has 3 rings (SSSR count). The molecule has 2 aliphatic rings. The molecular weight excluding hydrogens is 276 g/mol. The van der Waals surface area contributed by atoms with E-state index < -0.39 is 0 Å². The van der Waals surface area contributed by atoms with Crippen molar-refractivity contribution in [3.63, 3.8) is 0 Å². The molecule has 0 saturated carbocycles. The summed E-state index contributed by atoms with van der Waals surface area (Å²) in [6.45, 7) is 2.69. The molecule has 108 valence electrons. The molecule has 2 aliphatic heterocycles. The summed E-state index contributed by atoms with van der Waals surface area (Å²) in [6.07, 6.45) is 2.18. The number of benzene rings is 1. The van der Waals surface area contributed by atoms with Crippen LogP contribution in [0.1, 0.15) is 23.2 Å². The van der Waals surface area contributed by atoms with Crippen LogP contribution in [-0.4, -0.2) is 43.6 Å². The Bertz CT molecular complexity index is 521. The highest BCUT2D eigenvalue weighted by molar-refractivity contribution is 6.31. The van der Waals surface area contributed by atoms with Crippen LogP contribution in [0.4, 0.5) is 0 Å². The number of carbonyl (C=O) groups is 1. The van der Waals surface area contributed by atoms with Gasteiger partial charge in [0.1, 0.15) is 5.75 Å². The summed E-state index contributed by atoms with van der Waals surface area (Å²) in [4.78, 5) is 14.6. The lowest BCUT2D eigenvalue weighted by Crippen LogP contribution is -2.46. The standard InChI is InChI=1S/C15H19ClN2O2/c1-20-14-3-2-11(16)8-12(14)15(19)18-7-5-13-10(9-18)4-6-17-13/h2-3,8,10,13,17H,4-7,9H2,1H3. The van der Waals surface area contributed by atoms with Gasteiger partial charge in [0.2, 0.25) is 0 Å². The van der Waals surface area contributed by atoms with Crippen molar-refractivity contribution in [2.45, 2.75) is 18.9 Å². The molecule has 1 aromatic rings. The van der Waals surface area contributed by atoms with Crippen LogP contribution in [0.3, 0.4) is 0 Å². The number of nitrogens with zero attached hydrogens (tertiary/aromatic N) is 1. The van der Waals surface area contributed by atoms with Crippen LogP contribution in [0.5, 0.6) is 5.75 Å². The number of carbonyl (C=O) groups excluding carboxylic acids is 1. The number of methoxy groups -OCH3 is 1. The number of ether oxygens (including phenoxy) is 1. The van der Waals surface area contributed by atoms with Crippen LogP contribution in [0.2, 0.25) is 5.02 Å². The minimum Gasteiger partial charge on any atom is -0.496 e. The van der Waals surface area contributed by atoms with Crippen LogP contribution in [0.25, 0.3) is 0 Å². The van der Waals surface area contributed by atoms with Gasteiger partial charge in [-0.2, -0.15) is 0 Å². The molecule has 2 heterocycles. The average molecular weight is 295 g/mol. The fourth-order valence-corrected chi connectivity index (χ4v) is 3.42. The highest BCUT2D eigenvalue weighted by Gasteiger charge is 2.35. The van der Waals surface area contributed by atoms with Gasteiger partial charge >= 0.3 is 0 Å². The molecule has 2 saturated heterocycles. The van der Waals surface area contributed by atoms with Crippen LogP contribution in [0, 0.1) is 5.92 Å². The Kier molecular flexibility index (Phi) is 3.85. The van der Waals surface area contributed by atoms with Crippen LogP contribution < -0.4 is 10.1 Å². The lowest BCUT2D eigenvalue weighted by atomic mass is 9.93. The van der Waals surface area contributed by atoms with Crippen LogP contribution >= 0.6 is 11.6 Å². The molecule has 2 unspecified atom stereocenters. The van der Waals surface area contributed by atoms with Gasteiger partial charge in [0.15, 0.2) is 0 Å². The van der Waals surface area contributed by atoms with Gasteiger partial charge in [-0.3, -0.25) is 4.79 Å². The van der Waals surface area contributed by atoms with Gasteiger partial charge in [0, 0.05) is 24.2 Å². The minimum absolute atomic E-state index is 0.0229. The summed E-state index contributed by atoms with van der Waals surface area (Å²) in [7, 11) is 1.58. The number of nitrogens with one attached hydrogen (secondary N) is 1. The predicted molar refractivity (Wildman–Crippen MR) is 78.4 cm³/mol. The second-order valence-electron chi connectivity index (χ2n) is 5.49. The number of hydrogen-bond donors (Lipinski definition) is 1. The van der Waals surface area contributed by atoms with Crippen molar-refractivity contribution in [3.8, 4) is 5.75 Å². The van der Waals surface area contributed by atoms with E-state index in [2.05, 4.69) is 5.32 Å². The molecule has 20 heavy (non-hydrogen) atoms. The molecule has 5 heteroatoms. The largest absolute Gasteiger partial charge is 0.496 e. The lowest BCUT2D eigenvalue weighted by Gasteiger charge is -2.35. The monoisotopic (exact) mass is 294 g/mol. The zero-order valence-electron chi connectivity index (χ0n) is 11.6. The molecule has 4 nitrogen and oxygen atoms in total. The molecule has 2 atom stereocenters. The summed E-state index contributed by atoms with van der Waals surface area (Å²) < 4.78 is 5.28. The molecule has 0 spiro atoms. The Morgan fingerprint density at radius 2 is 2.30 bits per heavy atom. The van der Waals surface area contributed by atoms with E-state index >= 15 is 0 Å². The third-order valence-corrected chi connectivity index (χ3v) is 4.57. The van der Waals surface area contributed by atoms with E-state index in [-0.39, 0.29) is 5.91 Å². The summed E-state index contributed by atoms with van der Waals surface area (Å²) in [5, 5.41) is 4.07. The number of fused-ring (bicyclic) bond motifs is 1. The van der Waals surface area contributed by atoms with Gasteiger partial charge in [-0.25, -0.2) is 0 Å². The highest BCUT2D eigenvalue weighted by Crippen LogP contribution is 2.28. The van der Waals surface area contributed by atoms with Gasteiger partial charge in [-0.1, -0.05) is 11.6 Å². The van der Waals surface area contributed by atoms with E-state index in [9.17, 15) is 4.79 Å². The molecule has 1 aromatic carbocycles. The molecule has 0 aliphatic carbocycles. The smallest absolute Gasteiger partial charge is 0.257 e. The summed E-state index contributed by atoms with van der Waals surface area (Å²) in [5.41, 5.74) is 0.560. The van der Waals surface area contributed by atoms with Crippen LogP contribution in [-0.2, 0) is 0 Å². The van der Waals surface area contributed by atoms with Gasteiger partial charge in [-0.05, 0) is 43.5 Å². The summed E-state index contributed by atoms with van der Waals surface area (Å²) in [6, 6.07) is 5.77. The number of hydrogen-bond acceptors (Lipinski definition) is 3. The first-order valence-corrected chi connectivity index (χ1v) is 7.43. The van der Waals surface area contributed by atoms with Gasteiger partial charge in [0.05, 0.1) is 12.7 Å². The fraction of sp³-hybridized carbons (Fsp3) is 0.533. The Hall–Kier alpha value is -1.26.